The van der Waals surface area contributed by atoms with E-state index in [1.165, 1.54) is 5.56 Å². The molecule has 0 aliphatic heterocycles. The van der Waals surface area contributed by atoms with Crippen molar-refractivity contribution >= 4 is 28.2 Å². The average Bonchev–Trinajstić information content (AvgIpc) is 2.76. The van der Waals surface area contributed by atoms with Gasteiger partial charge >= 0.3 is 0 Å². The molecule has 3 N–H and O–H groups in total. The zero-order valence-corrected chi connectivity index (χ0v) is 11.6. The smallest absolute Gasteiger partial charge is 0.215 e. The van der Waals surface area contributed by atoms with Crippen LogP contribution in [0.5, 0.6) is 0 Å². The number of hydrogen-bond donors (Lipinski definition) is 2. The third-order valence-corrected chi connectivity index (χ3v) is 3.34. The van der Waals surface area contributed by atoms with E-state index in [1.807, 2.05) is 18.2 Å². The molecule has 1 aromatic carbocycles. The molecule has 2 aromatic heterocycles. The molecule has 0 amide bonds. The van der Waals surface area contributed by atoms with Gasteiger partial charge < -0.3 is 15.5 Å². The third-order valence-electron chi connectivity index (χ3n) is 3.34. The SMILES string of the molecule is CC(C)c1cccc(Nc2c(N)oc3cnccc23)c1. The monoisotopic (exact) mass is 267 g/mol. The third kappa shape index (κ3) is 2.20. The first-order valence-corrected chi connectivity index (χ1v) is 6.64. The number of hydrogen-bond acceptors (Lipinski definition) is 4. The number of aromatic nitrogens is 1. The summed E-state index contributed by atoms with van der Waals surface area (Å²) in [5.74, 6) is 0.863. The standard InChI is InChI=1S/C16H17N3O/c1-10(2)11-4-3-5-12(8-11)19-15-13-6-7-18-9-14(13)20-16(15)17/h3-10,19H,17H2,1-2H3. The summed E-state index contributed by atoms with van der Waals surface area (Å²) >= 11 is 0. The maximum absolute atomic E-state index is 5.94. The molecule has 4 nitrogen and oxygen atoms in total. The van der Waals surface area contributed by atoms with Crippen molar-refractivity contribution in [2.24, 2.45) is 0 Å². The molecule has 0 unspecified atom stereocenters. The number of anilines is 3. The molecule has 0 aliphatic carbocycles. The number of furan rings is 1. The van der Waals surface area contributed by atoms with E-state index in [0.29, 0.717) is 17.4 Å². The van der Waals surface area contributed by atoms with Gasteiger partial charge in [0.1, 0.15) is 5.69 Å². The Morgan fingerprint density at radius 2 is 2.10 bits per heavy atom. The summed E-state index contributed by atoms with van der Waals surface area (Å²) in [6.07, 6.45) is 3.40. The molecule has 0 saturated carbocycles. The lowest BCUT2D eigenvalue weighted by molar-refractivity contribution is 0.636. The molecule has 3 aromatic rings. The number of rotatable bonds is 3. The van der Waals surface area contributed by atoms with E-state index in [0.717, 1.165) is 16.8 Å². The Morgan fingerprint density at radius 1 is 1.25 bits per heavy atom. The van der Waals surface area contributed by atoms with Crippen molar-refractivity contribution < 1.29 is 4.42 Å². The summed E-state index contributed by atoms with van der Waals surface area (Å²) in [6, 6.07) is 10.2. The van der Waals surface area contributed by atoms with Crippen LogP contribution in [0.1, 0.15) is 25.3 Å². The minimum atomic E-state index is 0.378. The van der Waals surface area contributed by atoms with Gasteiger partial charge in [-0.1, -0.05) is 26.0 Å². The van der Waals surface area contributed by atoms with E-state index >= 15 is 0 Å². The van der Waals surface area contributed by atoms with Crippen LogP contribution in [0.15, 0.2) is 47.1 Å². The van der Waals surface area contributed by atoms with Crippen LogP contribution in [-0.4, -0.2) is 4.98 Å². The van der Waals surface area contributed by atoms with Gasteiger partial charge in [-0.3, -0.25) is 4.98 Å². The van der Waals surface area contributed by atoms with Gasteiger partial charge in [-0.15, -0.1) is 0 Å². The van der Waals surface area contributed by atoms with Crippen LogP contribution in [0.4, 0.5) is 17.3 Å². The summed E-state index contributed by atoms with van der Waals surface area (Å²) < 4.78 is 5.50. The van der Waals surface area contributed by atoms with Crippen molar-refractivity contribution in [1.82, 2.24) is 4.98 Å². The lowest BCUT2D eigenvalue weighted by Crippen LogP contribution is -1.95. The van der Waals surface area contributed by atoms with Crippen LogP contribution in [0.2, 0.25) is 0 Å². The average molecular weight is 267 g/mol. The topological polar surface area (TPSA) is 64.1 Å². The lowest BCUT2D eigenvalue weighted by Gasteiger charge is -2.10. The molecule has 2 heterocycles. The number of benzene rings is 1. The van der Waals surface area contributed by atoms with Gasteiger partial charge in [-0.05, 0) is 29.7 Å². The number of pyridine rings is 1. The first kappa shape index (κ1) is 12.5. The highest BCUT2D eigenvalue weighted by atomic mass is 16.3. The van der Waals surface area contributed by atoms with Crippen molar-refractivity contribution in [1.29, 1.82) is 0 Å². The summed E-state index contributed by atoms with van der Waals surface area (Å²) in [6.45, 7) is 4.35. The van der Waals surface area contributed by atoms with Gasteiger partial charge in [-0.2, -0.15) is 0 Å². The van der Waals surface area contributed by atoms with Crippen molar-refractivity contribution in [3.8, 4) is 0 Å². The maximum atomic E-state index is 5.94. The van der Waals surface area contributed by atoms with Gasteiger partial charge in [0.2, 0.25) is 5.88 Å². The van der Waals surface area contributed by atoms with Gasteiger partial charge in [0.05, 0.1) is 6.20 Å². The lowest BCUT2D eigenvalue weighted by atomic mass is 10.0. The van der Waals surface area contributed by atoms with Crippen LogP contribution in [0.3, 0.4) is 0 Å². The highest BCUT2D eigenvalue weighted by molar-refractivity contribution is 5.97. The molecule has 0 aliphatic rings. The van der Waals surface area contributed by atoms with Crippen molar-refractivity contribution in [3.05, 3.63) is 48.3 Å². The maximum Gasteiger partial charge on any atom is 0.215 e. The molecular weight excluding hydrogens is 250 g/mol. The minimum absolute atomic E-state index is 0.378. The van der Waals surface area contributed by atoms with Crippen LogP contribution in [0, 0.1) is 0 Å². The van der Waals surface area contributed by atoms with Gasteiger partial charge in [0.25, 0.3) is 0 Å². The first-order chi connectivity index (χ1) is 9.65. The molecule has 3 rings (SSSR count). The molecule has 102 valence electrons. The van der Waals surface area contributed by atoms with E-state index in [4.69, 9.17) is 10.2 Å². The Bertz CT molecular complexity index is 746. The molecule has 0 radical (unpaired) electrons. The second kappa shape index (κ2) is 4.89. The zero-order chi connectivity index (χ0) is 14.1. The zero-order valence-electron chi connectivity index (χ0n) is 11.6. The molecule has 0 fully saturated rings. The Labute approximate surface area is 117 Å². The van der Waals surface area contributed by atoms with E-state index < -0.39 is 0 Å². The molecule has 0 saturated heterocycles. The van der Waals surface area contributed by atoms with Crippen molar-refractivity contribution in [2.75, 3.05) is 11.1 Å². The van der Waals surface area contributed by atoms with Crippen molar-refractivity contribution in [3.63, 3.8) is 0 Å². The fourth-order valence-corrected chi connectivity index (χ4v) is 2.22. The largest absolute Gasteiger partial charge is 0.437 e. The summed E-state index contributed by atoms with van der Waals surface area (Å²) in [5.41, 5.74) is 9.71. The number of nitrogens with two attached hydrogens (primary N) is 1. The summed E-state index contributed by atoms with van der Waals surface area (Å²) in [5, 5.41) is 4.28. The highest BCUT2D eigenvalue weighted by Crippen LogP contribution is 2.34. The Hall–Kier alpha value is -2.49. The quantitative estimate of drug-likeness (QED) is 0.743. The van der Waals surface area contributed by atoms with Gasteiger partial charge in [-0.25, -0.2) is 0 Å². The molecule has 0 atom stereocenters. The summed E-state index contributed by atoms with van der Waals surface area (Å²) in [7, 11) is 0. The van der Waals surface area contributed by atoms with Crippen molar-refractivity contribution in [2.45, 2.75) is 19.8 Å². The van der Waals surface area contributed by atoms with E-state index in [1.54, 1.807) is 12.4 Å². The second-order valence-corrected chi connectivity index (χ2v) is 5.12. The molecule has 20 heavy (non-hydrogen) atoms. The number of nitrogens with one attached hydrogen (secondary N) is 1. The first-order valence-electron chi connectivity index (χ1n) is 6.64. The number of fused-ring (bicyclic) bond motifs is 1. The Kier molecular flexibility index (Phi) is 3.06. The van der Waals surface area contributed by atoms with E-state index in [2.05, 4.69) is 36.3 Å². The van der Waals surface area contributed by atoms with Crippen LogP contribution < -0.4 is 11.1 Å². The molecular formula is C16H17N3O. The minimum Gasteiger partial charge on any atom is -0.437 e. The molecule has 4 heteroatoms. The predicted octanol–water partition coefficient (Wildman–Crippen LogP) is 4.28. The van der Waals surface area contributed by atoms with Crippen LogP contribution in [-0.2, 0) is 0 Å². The second-order valence-electron chi connectivity index (χ2n) is 5.12. The van der Waals surface area contributed by atoms with Crippen LogP contribution >= 0.6 is 0 Å². The fourth-order valence-electron chi connectivity index (χ4n) is 2.22. The fraction of sp³-hybridized carbons (Fsp3) is 0.188. The van der Waals surface area contributed by atoms with Crippen LogP contribution in [0.25, 0.3) is 11.0 Å². The normalized spacial score (nSPS) is 11.2. The highest BCUT2D eigenvalue weighted by Gasteiger charge is 2.12. The van der Waals surface area contributed by atoms with Gasteiger partial charge in [0.15, 0.2) is 5.58 Å². The Morgan fingerprint density at radius 3 is 2.90 bits per heavy atom. The molecule has 0 spiro atoms. The predicted molar refractivity (Wildman–Crippen MR) is 82.2 cm³/mol. The van der Waals surface area contributed by atoms with Gasteiger partial charge in [0, 0.05) is 17.3 Å². The summed E-state index contributed by atoms with van der Waals surface area (Å²) in [4.78, 5) is 4.03. The van der Waals surface area contributed by atoms with E-state index in [-0.39, 0.29) is 0 Å². The Balaban J connectivity index is 2.01. The van der Waals surface area contributed by atoms with E-state index in [9.17, 15) is 0 Å². The number of nitrogen functional groups attached to an aromatic ring is 1. The number of nitrogens with zero attached hydrogens (tertiary/aromatic N) is 1. The molecule has 0 bridgehead atoms.